The van der Waals surface area contributed by atoms with Crippen molar-refractivity contribution in [3.8, 4) is 11.5 Å². The highest BCUT2D eigenvalue weighted by atomic mass is 32.2. The molecule has 0 aliphatic carbocycles. The van der Waals surface area contributed by atoms with Crippen molar-refractivity contribution in [2.45, 2.75) is 31.2 Å². The second-order valence-electron chi connectivity index (χ2n) is 6.08. The summed E-state index contributed by atoms with van der Waals surface area (Å²) in [5.74, 6) is 0.506. The number of hydrogen-bond acceptors (Lipinski definition) is 6. The standard InChI is InChI=1S/C21H23N3O2S/c1-4-24(5-2)18-13-11-17(12-14-18)20-22-23-21(26-20)27-15(3)19(25)16-9-7-6-8-10-16/h6-15H,4-5H2,1-3H3. The summed E-state index contributed by atoms with van der Waals surface area (Å²) in [5.41, 5.74) is 2.72. The molecule has 1 aromatic heterocycles. The molecule has 0 radical (unpaired) electrons. The zero-order valence-corrected chi connectivity index (χ0v) is 16.6. The quantitative estimate of drug-likeness (QED) is 0.407. The molecule has 0 bridgehead atoms. The number of thioether (sulfide) groups is 1. The molecular formula is C21H23N3O2S. The predicted octanol–water partition coefficient (Wildman–Crippen LogP) is 4.95. The molecule has 1 heterocycles. The lowest BCUT2D eigenvalue weighted by atomic mass is 10.1. The maximum atomic E-state index is 12.5. The largest absolute Gasteiger partial charge is 0.411 e. The highest BCUT2D eigenvalue weighted by Gasteiger charge is 2.20. The van der Waals surface area contributed by atoms with Gasteiger partial charge in [0.15, 0.2) is 5.78 Å². The van der Waals surface area contributed by atoms with Gasteiger partial charge in [-0.3, -0.25) is 4.79 Å². The van der Waals surface area contributed by atoms with Crippen molar-refractivity contribution in [1.29, 1.82) is 0 Å². The maximum absolute atomic E-state index is 12.5. The van der Waals surface area contributed by atoms with Gasteiger partial charge in [0.1, 0.15) is 0 Å². The molecule has 27 heavy (non-hydrogen) atoms. The van der Waals surface area contributed by atoms with Gasteiger partial charge in [0.05, 0.1) is 5.25 Å². The van der Waals surface area contributed by atoms with E-state index in [1.807, 2.05) is 49.4 Å². The summed E-state index contributed by atoms with van der Waals surface area (Å²) >= 11 is 1.28. The number of ketones is 1. The highest BCUT2D eigenvalue weighted by Crippen LogP contribution is 2.28. The van der Waals surface area contributed by atoms with Crippen molar-refractivity contribution in [1.82, 2.24) is 10.2 Å². The molecule has 0 spiro atoms. The summed E-state index contributed by atoms with van der Waals surface area (Å²) in [6, 6.07) is 17.3. The molecule has 3 aromatic rings. The van der Waals surface area contributed by atoms with E-state index < -0.39 is 0 Å². The van der Waals surface area contributed by atoms with Crippen LogP contribution in [-0.2, 0) is 0 Å². The van der Waals surface area contributed by atoms with Crippen LogP contribution in [0.2, 0.25) is 0 Å². The maximum Gasteiger partial charge on any atom is 0.277 e. The third-order valence-electron chi connectivity index (χ3n) is 4.35. The van der Waals surface area contributed by atoms with E-state index in [-0.39, 0.29) is 11.0 Å². The SMILES string of the molecule is CCN(CC)c1ccc(-c2nnc(SC(C)C(=O)c3ccccc3)o2)cc1. The van der Waals surface area contributed by atoms with Crippen LogP contribution in [0.5, 0.6) is 0 Å². The van der Waals surface area contributed by atoms with E-state index in [4.69, 9.17) is 4.42 Å². The molecule has 0 fully saturated rings. The Bertz CT molecular complexity index is 874. The van der Waals surface area contributed by atoms with Crippen molar-refractivity contribution in [3.63, 3.8) is 0 Å². The van der Waals surface area contributed by atoms with Crippen LogP contribution in [0.25, 0.3) is 11.5 Å². The van der Waals surface area contributed by atoms with E-state index in [2.05, 4.69) is 41.1 Å². The highest BCUT2D eigenvalue weighted by molar-refractivity contribution is 8.00. The fraction of sp³-hybridized carbons (Fsp3) is 0.286. The van der Waals surface area contributed by atoms with Crippen LogP contribution in [-0.4, -0.2) is 34.3 Å². The minimum Gasteiger partial charge on any atom is -0.411 e. The molecule has 0 N–H and O–H groups in total. The van der Waals surface area contributed by atoms with Crippen LogP contribution < -0.4 is 4.90 Å². The summed E-state index contributed by atoms with van der Waals surface area (Å²) in [5, 5.41) is 8.30. The van der Waals surface area contributed by atoms with Gasteiger partial charge in [0, 0.05) is 29.9 Å². The molecule has 3 rings (SSSR count). The Balaban J connectivity index is 1.68. The number of hydrogen-bond donors (Lipinski definition) is 0. The number of rotatable bonds is 8. The molecule has 0 amide bonds. The fourth-order valence-electron chi connectivity index (χ4n) is 2.82. The van der Waals surface area contributed by atoms with Gasteiger partial charge >= 0.3 is 0 Å². The predicted molar refractivity (Wildman–Crippen MR) is 109 cm³/mol. The van der Waals surface area contributed by atoms with Gasteiger partial charge in [-0.1, -0.05) is 42.1 Å². The first-order chi connectivity index (χ1) is 13.1. The number of Topliss-reactive ketones (excluding diaryl/α,β-unsaturated/α-hetero) is 1. The molecule has 0 aliphatic heterocycles. The number of anilines is 1. The van der Waals surface area contributed by atoms with Crippen LogP contribution in [0.3, 0.4) is 0 Å². The molecule has 0 saturated heterocycles. The Morgan fingerprint density at radius 2 is 1.70 bits per heavy atom. The zero-order valence-electron chi connectivity index (χ0n) is 15.8. The van der Waals surface area contributed by atoms with Gasteiger partial charge < -0.3 is 9.32 Å². The Hall–Kier alpha value is -2.60. The van der Waals surface area contributed by atoms with Gasteiger partial charge in [-0.25, -0.2) is 0 Å². The number of benzene rings is 2. The third kappa shape index (κ3) is 4.57. The summed E-state index contributed by atoms with van der Waals surface area (Å²) < 4.78 is 5.75. The Labute approximate surface area is 163 Å². The van der Waals surface area contributed by atoms with Crippen molar-refractivity contribution < 1.29 is 9.21 Å². The molecule has 5 nitrogen and oxygen atoms in total. The molecule has 1 unspecified atom stereocenters. The minimum atomic E-state index is -0.300. The average Bonchev–Trinajstić information content (AvgIpc) is 3.18. The Morgan fingerprint density at radius 1 is 1.04 bits per heavy atom. The molecule has 0 saturated carbocycles. The second-order valence-corrected chi connectivity index (χ2v) is 7.37. The molecule has 1 atom stereocenters. The van der Waals surface area contributed by atoms with E-state index in [0.29, 0.717) is 16.7 Å². The van der Waals surface area contributed by atoms with Crippen molar-refractivity contribution in [3.05, 3.63) is 60.2 Å². The van der Waals surface area contributed by atoms with Gasteiger partial charge in [-0.2, -0.15) is 0 Å². The van der Waals surface area contributed by atoms with E-state index in [9.17, 15) is 4.79 Å². The Kier molecular flexibility index (Phi) is 6.29. The molecular weight excluding hydrogens is 358 g/mol. The van der Waals surface area contributed by atoms with E-state index >= 15 is 0 Å². The van der Waals surface area contributed by atoms with Crippen molar-refractivity contribution in [2.75, 3.05) is 18.0 Å². The van der Waals surface area contributed by atoms with E-state index in [1.54, 1.807) is 0 Å². The summed E-state index contributed by atoms with van der Waals surface area (Å²) in [6.07, 6.45) is 0. The molecule has 0 aliphatic rings. The molecule has 6 heteroatoms. The summed E-state index contributed by atoms with van der Waals surface area (Å²) in [7, 11) is 0. The van der Waals surface area contributed by atoms with Gasteiger partial charge in [0.2, 0.25) is 5.89 Å². The monoisotopic (exact) mass is 381 g/mol. The number of carbonyl (C=O) groups excluding carboxylic acids is 1. The fourth-order valence-corrected chi connectivity index (χ4v) is 3.58. The van der Waals surface area contributed by atoms with E-state index in [0.717, 1.165) is 18.7 Å². The van der Waals surface area contributed by atoms with Crippen LogP contribution in [0, 0.1) is 0 Å². The van der Waals surface area contributed by atoms with Crippen molar-refractivity contribution >= 4 is 23.2 Å². The first-order valence-electron chi connectivity index (χ1n) is 9.07. The zero-order chi connectivity index (χ0) is 19.2. The van der Waals surface area contributed by atoms with Crippen molar-refractivity contribution in [2.24, 2.45) is 0 Å². The first-order valence-corrected chi connectivity index (χ1v) is 9.95. The number of aromatic nitrogens is 2. The van der Waals surface area contributed by atoms with Crippen LogP contribution in [0.4, 0.5) is 5.69 Å². The lowest BCUT2D eigenvalue weighted by molar-refractivity contribution is 0.0993. The second kappa shape index (κ2) is 8.86. The smallest absolute Gasteiger partial charge is 0.277 e. The number of nitrogens with zero attached hydrogens (tertiary/aromatic N) is 3. The van der Waals surface area contributed by atoms with Crippen LogP contribution in [0.1, 0.15) is 31.1 Å². The minimum absolute atomic E-state index is 0.0453. The van der Waals surface area contributed by atoms with Gasteiger partial charge in [0.25, 0.3) is 5.22 Å². The molecule has 2 aromatic carbocycles. The lowest BCUT2D eigenvalue weighted by Crippen LogP contribution is -2.21. The van der Waals surface area contributed by atoms with Gasteiger partial charge in [-0.05, 0) is 45.0 Å². The Morgan fingerprint density at radius 3 is 2.33 bits per heavy atom. The molecule has 140 valence electrons. The normalized spacial score (nSPS) is 12.0. The summed E-state index contributed by atoms with van der Waals surface area (Å²) in [4.78, 5) is 14.7. The first kappa shape index (κ1) is 19.2. The number of carbonyl (C=O) groups is 1. The van der Waals surface area contributed by atoms with Crippen LogP contribution in [0.15, 0.2) is 64.2 Å². The van der Waals surface area contributed by atoms with Crippen LogP contribution >= 0.6 is 11.8 Å². The summed E-state index contributed by atoms with van der Waals surface area (Å²) in [6.45, 7) is 8.05. The topological polar surface area (TPSA) is 59.2 Å². The average molecular weight is 382 g/mol. The third-order valence-corrected chi connectivity index (χ3v) is 5.29. The van der Waals surface area contributed by atoms with E-state index in [1.165, 1.54) is 17.4 Å². The van der Waals surface area contributed by atoms with Gasteiger partial charge in [-0.15, -0.1) is 10.2 Å². The lowest BCUT2D eigenvalue weighted by Gasteiger charge is -2.20.